The summed E-state index contributed by atoms with van der Waals surface area (Å²) in [6.07, 6.45) is 7.82. The number of aliphatic hydroxyl groups is 1. The number of nitrogens with zero attached hydrogens (tertiary/aromatic N) is 3. The molecule has 0 bridgehead atoms. The molecule has 1 saturated carbocycles. The Labute approximate surface area is 135 Å². The van der Waals surface area contributed by atoms with Crippen LogP contribution in [0.3, 0.4) is 0 Å². The zero-order valence-electron chi connectivity index (χ0n) is 13.5. The second-order valence-electron chi connectivity index (χ2n) is 6.73. The average Bonchev–Trinajstić information content (AvgIpc) is 3.10. The Morgan fingerprint density at radius 3 is 2.83 bits per heavy atom. The number of hydrogen-bond acceptors (Lipinski definition) is 4. The highest BCUT2D eigenvalue weighted by Crippen LogP contribution is 2.27. The molecule has 1 atom stereocenters. The molecule has 7 heteroatoms. The molecule has 1 aliphatic carbocycles. The van der Waals surface area contributed by atoms with Gasteiger partial charge >= 0.3 is 5.69 Å². The molecule has 1 unspecified atom stereocenters. The first-order valence-electron chi connectivity index (χ1n) is 8.76. The Morgan fingerprint density at radius 2 is 2.04 bits per heavy atom. The summed E-state index contributed by atoms with van der Waals surface area (Å²) in [7, 11) is 0. The molecule has 1 aromatic heterocycles. The molecule has 1 aromatic rings. The van der Waals surface area contributed by atoms with Gasteiger partial charge in [-0.05, 0) is 31.6 Å². The van der Waals surface area contributed by atoms with Gasteiger partial charge in [0.25, 0.3) is 0 Å². The Hall–Kier alpha value is -1.63. The lowest BCUT2D eigenvalue weighted by Gasteiger charge is -2.17. The first-order chi connectivity index (χ1) is 11.1. The van der Waals surface area contributed by atoms with Crippen molar-refractivity contribution < 1.29 is 9.90 Å². The van der Waals surface area contributed by atoms with E-state index in [4.69, 9.17) is 0 Å². The van der Waals surface area contributed by atoms with Crippen molar-refractivity contribution in [2.45, 2.75) is 70.6 Å². The topological polar surface area (TPSA) is 89.2 Å². The largest absolute Gasteiger partial charge is 0.391 e. The summed E-state index contributed by atoms with van der Waals surface area (Å²) in [5.74, 6) is 0.811. The van der Waals surface area contributed by atoms with E-state index in [0.717, 1.165) is 57.2 Å². The van der Waals surface area contributed by atoms with Crippen LogP contribution >= 0.6 is 0 Å². The zero-order valence-corrected chi connectivity index (χ0v) is 13.5. The molecule has 0 aromatic carbocycles. The minimum atomic E-state index is -0.489. The van der Waals surface area contributed by atoms with Gasteiger partial charge in [0.15, 0.2) is 0 Å². The van der Waals surface area contributed by atoms with Crippen molar-refractivity contribution >= 4 is 5.91 Å². The fourth-order valence-corrected chi connectivity index (χ4v) is 3.65. The van der Waals surface area contributed by atoms with Gasteiger partial charge in [0.05, 0.1) is 6.10 Å². The van der Waals surface area contributed by atoms with Gasteiger partial charge in [0.1, 0.15) is 12.4 Å². The summed E-state index contributed by atoms with van der Waals surface area (Å²) < 4.78 is 2.94. The number of carbonyl (C=O) groups is 1. The molecule has 128 valence electrons. The van der Waals surface area contributed by atoms with Crippen LogP contribution < -0.4 is 11.0 Å². The van der Waals surface area contributed by atoms with E-state index in [1.165, 1.54) is 4.68 Å². The third-order valence-corrected chi connectivity index (χ3v) is 5.03. The number of aromatic nitrogens is 3. The predicted molar refractivity (Wildman–Crippen MR) is 85.0 cm³/mol. The Morgan fingerprint density at radius 1 is 1.26 bits per heavy atom. The Kier molecular flexibility index (Phi) is 5.15. The summed E-state index contributed by atoms with van der Waals surface area (Å²) in [6.45, 7) is 0.873. The minimum absolute atomic E-state index is 0.0732. The third kappa shape index (κ3) is 3.83. The van der Waals surface area contributed by atoms with Gasteiger partial charge in [0.2, 0.25) is 5.91 Å². The summed E-state index contributed by atoms with van der Waals surface area (Å²) in [5.41, 5.74) is -0.201. The lowest BCUT2D eigenvalue weighted by molar-refractivity contribution is -0.122. The monoisotopic (exact) mass is 322 g/mol. The quantitative estimate of drug-likeness (QED) is 0.823. The number of rotatable bonds is 5. The summed E-state index contributed by atoms with van der Waals surface area (Å²) in [5, 5.41) is 17.1. The molecule has 1 fully saturated rings. The van der Waals surface area contributed by atoms with Crippen LogP contribution in [0, 0.1) is 5.92 Å². The first kappa shape index (κ1) is 16.2. The van der Waals surface area contributed by atoms with E-state index < -0.39 is 6.10 Å². The van der Waals surface area contributed by atoms with E-state index in [1.807, 2.05) is 0 Å². The minimum Gasteiger partial charge on any atom is -0.391 e. The maximum absolute atomic E-state index is 12.3. The SMILES string of the molecule is O=C(Cn1nc2n(c1=O)CCCCC2)NCC(O)C1CCCC1. The number of amides is 1. The van der Waals surface area contributed by atoms with E-state index in [-0.39, 0.29) is 24.7 Å². The van der Waals surface area contributed by atoms with Gasteiger partial charge in [0, 0.05) is 19.5 Å². The molecular formula is C16H26N4O3. The van der Waals surface area contributed by atoms with Crippen LogP contribution in [0.5, 0.6) is 0 Å². The van der Waals surface area contributed by atoms with Gasteiger partial charge in [-0.1, -0.05) is 19.3 Å². The van der Waals surface area contributed by atoms with E-state index in [9.17, 15) is 14.7 Å². The fourth-order valence-electron chi connectivity index (χ4n) is 3.65. The lowest BCUT2D eigenvalue weighted by atomic mass is 10.0. The van der Waals surface area contributed by atoms with Gasteiger partial charge in [-0.25, -0.2) is 9.48 Å². The standard InChI is InChI=1S/C16H26N4O3/c21-13(12-6-3-4-7-12)10-17-15(22)11-20-16(23)19-9-5-1-2-8-14(19)18-20/h12-13,21H,1-11H2,(H,17,22). The van der Waals surface area contributed by atoms with Crippen LogP contribution in [0.25, 0.3) is 0 Å². The van der Waals surface area contributed by atoms with Crippen LogP contribution in [-0.4, -0.2) is 38.0 Å². The molecule has 0 spiro atoms. The fraction of sp³-hybridized carbons (Fsp3) is 0.812. The zero-order chi connectivity index (χ0) is 16.2. The number of aryl methyl sites for hydroxylation is 1. The number of aliphatic hydroxyl groups excluding tert-OH is 1. The summed E-state index contributed by atoms with van der Waals surface area (Å²) in [4.78, 5) is 24.3. The number of fused-ring (bicyclic) bond motifs is 1. The third-order valence-electron chi connectivity index (χ3n) is 5.03. The van der Waals surface area contributed by atoms with E-state index in [1.54, 1.807) is 4.57 Å². The van der Waals surface area contributed by atoms with E-state index in [2.05, 4.69) is 10.4 Å². The predicted octanol–water partition coefficient (Wildman–Crippen LogP) is 0.438. The molecule has 2 aliphatic rings. The molecule has 1 aliphatic heterocycles. The normalized spacial score (nSPS) is 20.0. The second-order valence-corrected chi connectivity index (χ2v) is 6.73. The smallest absolute Gasteiger partial charge is 0.346 e. The highest BCUT2D eigenvalue weighted by Gasteiger charge is 2.23. The maximum Gasteiger partial charge on any atom is 0.346 e. The van der Waals surface area contributed by atoms with Crippen molar-refractivity contribution in [3.63, 3.8) is 0 Å². The molecular weight excluding hydrogens is 296 g/mol. The van der Waals surface area contributed by atoms with Gasteiger partial charge in [-0.15, -0.1) is 0 Å². The highest BCUT2D eigenvalue weighted by atomic mass is 16.3. The van der Waals surface area contributed by atoms with Crippen molar-refractivity contribution in [2.75, 3.05) is 6.54 Å². The van der Waals surface area contributed by atoms with Crippen molar-refractivity contribution in [3.05, 3.63) is 16.3 Å². The Bertz CT molecular complexity index is 601. The second kappa shape index (κ2) is 7.29. The van der Waals surface area contributed by atoms with Crippen molar-refractivity contribution in [1.29, 1.82) is 0 Å². The van der Waals surface area contributed by atoms with Crippen LogP contribution in [-0.2, 0) is 24.3 Å². The molecule has 23 heavy (non-hydrogen) atoms. The van der Waals surface area contributed by atoms with Crippen molar-refractivity contribution in [3.8, 4) is 0 Å². The first-order valence-corrected chi connectivity index (χ1v) is 8.76. The van der Waals surface area contributed by atoms with Gasteiger partial charge in [-0.2, -0.15) is 5.10 Å². The van der Waals surface area contributed by atoms with Crippen molar-refractivity contribution in [1.82, 2.24) is 19.7 Å². The maximum atomic E-state index is 12.3. The highest BCUT2D eigenvalue weighted by molar-refractivity contribution is 5.75. The van der Waals surface area contributed by atoms with Crippen LogP contribution in [0.15, 0.2) is 4.79 Å². The van der Waals surface area contributed by atoms with Crippen LogP contribution in [0.4, 0.5) is 0 Å². The molecule has 1 amide bonds. The number of nitrogens with one attached hydrogen (secondary N) is 1. The molecule has 0 saturated heterocycles. The van der Waals surface area contributed by atoms with E-state index in [0.29, 0.717) is 12.5 Å². The molecule has 3 rings (SSSR count). The molecule has 0 radical (unpaired) electrons. The Balaban J connectivity index is 1.54. The number of hydrogen-bond donors (Lipinski definition) is 2. The average molecular weight is 322 g/mol. The number of carbonyl (C=O) groups excluding carboxylic acids is 1. The van der Waals surface area contributed by atoms with E-state index >= 15 is 0 Å². The molecule has 2 N–H and O–H groups in total. The molecule has 2 heterocycles. The van der Waals surface area contributed by atoms with Gasteiger partial charge < -0.3 is 10.4 Å². The summed E-state index contributed by atoms with van der Waals surface area (Å²) in [6, 6.07) is 0. The van der Waals surface area contributed by atoms with Gasteiger partial charge in [-0.3, -0.25) is 9.36 Å². The summed E-state index contributed by atoms with van der Waals surface area (Å²) >= 11 is 0. The molecule has 7 nitrogen and oxygen atoms in total. The lowest BCUT2D eigenvalue weighted by Crippen LogP contribution is -2.39. The van der Waals surface area contributed by atoms with Crippen LogP contribution in [0.2, 0.25) is 0 Å². The van der Waals surface area contributed by atoms with Crippen LogP contribution in [0.1, 0.15) is 50.8 Å². The van der Waals surface area contributed by atoms with Crippen molar-refractivity contribution in [2.24, 2.45) is 5.92 Å².